The van der Waals surface area contributed by atoms with Gasteiger partial charge in [-0.05, 0) is 18.3 Å². The number of hydrogen-bond donors (Lipinski definition) is 3. The summed E-state index contributed by atoms with van der Waals surface area (Å²) in [7, 11) is 0.110. The maximum Gasteiger partial charge on any atom is 0.393 e. The molecule has 0 amide bonds. The number of rotatable bonds is 5. The molecule has 0 saturated carbocycles. The molecule has 18 heavy (non-hydrogen) atoms. The molecule has 0 aromatic carbocycles. The van der Waals surface area contributed by atoms with Crippen LogP contribution in [0.15, 0.2) is 6.20 Å². The van der Waals surface area contributed by atoms with E-state index in [0.717, 1.165) is 0 Å². The first-order valence-corrected chi connectivity index (χ1v) is 9.28. The van der Waals surface area contributed by atoms with Crippen LogP contribution < -0.4 is 5.73 Å². The summed E-state index contributed by atoms with van der Waals surface area (Å²) in [5, 5.41) is 0. The Kier molecular flexibility index (Phi) is 5.00. The molecule has 98 valence electrons. The van der Waals surface area contributed by atoms with Gasteiger partial charge in [0.1, 0.15) is 11.6 Å². The Balaban J connectivity index is 2.70. The van der Waals surface area contributed by atoms with Crippen molar-refractivity contribution < 1.29 is 23.2 Å². The predicted octanol–water partition coefficient (Wildman–Crippen LogP) is 0.986. The summed E-state index contributed by atoms with van der Waals surface area (Å²) in [4.78, 5) is 25.6. The summed E-state index contributed by atoms with van der Waals surface area (Å²) >= 11 is 0.395. The second-order valence-corrected chi connectivity index (χ2v) is 8.64. The smallest absolute Gasteiger partial charge is 0.383 e. The second-order valence-electron chi connectivity index (χ2n) is 3.22. The first kappa shape index (κ1) is 15.7. The monoisotopic (exact) mass is 309 g/mol. The highest BCUT2D eigenvalue weighted by Gasteiger charge is 2.28. The van der Waals surface area contributed by atoms with E-state index in [-0.39, 0.29) is 11.6 Å². The van der Waals surface area contributed by atoms with Crippen molar-refractivity contribution in [3.8, 4) is 0 Å². The zero-order valence-electron chi connectivity index (χ0n) is 9.26. The molecule has 0 aliphatic heterocycles. The van der Waals surface area contributed by atoms with E-state index in [1.807, 2.05) is 0 Å². The van der Waals surface area contributed by atoms with Crippen molar-refractivity contribution in [3.63, 3.8) is 0 Å². The topological polar surface area (TPSA) is 136 Å². The SMILES string of the molecule is [B]P(=O)(O)OP(=O)(O)SCc1cnc(C)nc1N. The van der Waals surface area contributed by atoms with E-state index in [2.05, 4.69) is 21.8 Å². The van der Waals surface area contributed by atoms with Crippen LogP contribution in [-0.2, 0) is 19.2 Å². The lowest BCUT2D eigenvalue weighted by molar-refractivity contribution is 0.359. The van der Waals surface area contributed by atoms with Gasteiger partial charge in [0.25, 0.3) is 7.47 Å². The van der Waals surface area contributed by atoms with Crippen molar-refractivity contribution in [2.45, 2.75) is 12.7 Å². The Morgan fingerprint density at radius 3 is 2.67 bits per heavy atom. The molecule has 0 fully saturated rings. The molecule has 0 aliphatic rings. The molecular weight excluding hydrogens is 299 g/mol. The zero-order chi connectivity index (χ0) is 14.0. The summed E-state index contributed by atoms with van der Waals surface area (Å²) in [6, 6.07) is 0. The fraction of sp³-hybridized carbons (Fsp3) is 0.333. The maximum atomic E-state index is 11.4. The molecule has 2 unspecified atom stereocenters. The minimum absolute atomic E-state index is 0.0557. The molecule has 8 nitrogen and oxygen atoms in total. The predicted molar refractivity (Wildman–Crippen MR) is 69.0 cm³/mol. The van der Waals surface area contributed by atoms with Crippen LogP contribution in [-0.4, -0.2) is 27.3 Å². The van der Waals surface area contributed by atoms with Gasteiger partial charge < -0.3 is 15.5 Å². The van der Waals surface area contributed by atoms with Crippen molar-refractivity contribution in [1.29, 1.82) is 0 Å². The Labute approximate surface area is 109 Å². The average Bonchev–Trinajstić information content (AvgIpc) is 2.12. The lowest BCUT2D eigenvalue weighted by atomic mass is 10.3. The number of anilines is 1. The number of aromatic nitrogens is 2. The average molecular weight is 309 g/mol. The largest absolute Gasteiger partial charge is 0.393 e. The van der Waals surface area contributed by atoms with Crippen LogP contribution in [0.1, 0.15) is 11.4 Å². The summed E-state index contributed by atoms with van der Waals surface area (Å²) in [6.07, 6.45) is 1.39. The van der Waals surface area contributed by atoms with Crippen LogP contribution >= 0.6 is 25.7 Å². The standard InChI is InChI=1S/C6H10BN3O5P2S/c1-4-9-2-5(6(8)10-4)3-18-17(13,14)15-16(7,11)12/h2H,3H2,1H3,(H,11,12)(H,13,14)(H2,8,9,10). The lowest BCUT2D eigenvalue weighted by Gasteiger charge is -2.13. The van der Waals surface area contributed by atoms with Gasteiger partial charge in [0.2, 0.25) is 7.57 Å². The van der Waals surface area contributed by atoms with Crippen molar-refractivity contribution in [2.24, 2.45) is 0 Å². The van der Waals surface area contributed by atoms with Crippen molar-refractivity contribution >= 4 is 39.0 Å². The third-order valence-electron chi connectivity index (χ3n) is 1.62. The summed E-state index contributed by atoms with van der Waals surface area (Å²) in [5.41, 5.74) is 5.98. The highest BCUT2D eigenvalue weighted by molar-refractivity contribution is 8.55. The molecule has 1 heterocycles. The van der Waals surface area contributed by atoms with Crippen molar-refractivity contribution in [2.75, 3.05) is 5.73 Å². The van der Waals surface area contributed by atoms with E-state index in [0.29, 0.717) is 22.8 Å². The Morgan fingerprint density at radius 1 is 1.56 bits per heavy atom. The number of nitrogens with zero attached hydrogens (tertiary/aromatic N) is 2. The molecule has 1 rings (SSSR count). The van der Waals surface area contributed by atoms with E-state index in [9.17, 15) is 14.0 Å². The van der Waals surface area contributed by atoms with E-state index < -0.39 is 14.3 Å². The summed E-state index contributed by atoms with van der Waals surface area (Å²) in [5.74, 6) is 0.571. The first-order valence-electron chi connectivity index (χ1n) is 4.47. The van der Waals surface area contributed by atoms with Gasteiger partial charge in [0.05, 0.1) is 0 Å². The zero-order valence-corrected chi connectivity index (χ0v) is 11.9. The number of aryl methyl sites for hydroxylation is 1. The van der Waals surface area contributed by atoms with Gasteiger partial charge in [-0.25, -0.2) is 18.8 Å². The van der Waals surface area contributed by atoms with Gasteiger partial charge in [0.15, 0.2) is 0 Å². The minimum Gasteiger partial charge on any atom is -0.383 e. The van der Waals surface area contributed by atoms with Crippen LogP contribution in [0.3, 0.4) is 0 Å². The fourth-order valence-corrected chi connectivity index (χ4v) is 5.03. The highest BCUT2D eigenvalue weighted by Crippen LogP contribution is 2.65. The van der Waals surface area contributed by atoms with Crippen molar-refractivity contribution in [1.82, 2.24) is 9.97 Å². The minimum atomic E-state index is -4.52. The normalized spacial score (nSPS) is 17.9. The van der Waals surface area contributed by atoms with Crippen molar-refractivity contribution in [3.05, 3.63) is 17.6 Å². The number of nitrogen functional groups attached to an aromatic ring is 1. The molecule has 0 spiro atoms. The fourth-order valence-electron chi connectivity index (χ4n) is 0.946. The first-order chi connectivity index (χ1) is 8.09. The van der Waals surface area contributed by atoms with E-state index in [4.69, 9.17) is 10.6 Å². The molecule has 1 aromatic rings. The van der Waals surface area contributed by atoms with Crippen LogP contribution in [0.2, 0.25) is 0 Å². The molecule has 2 atom stereocenters. The molecule has 2 radical (unpaired) electrons. The second kappa shape index (κ2) is 5.73. The summed E-state index contributed by atoms with van der Waals surface area (Å²) in [6.45, 7) is -2.70. The molecule has 4 N–H and O–H groups in total. The van der Waals surface area contributed by atoms with Gasteiger partial charge in [-0.1, -0.05) is 0 Å². The Morgan fingerprint density at radius 2 is 2.17 bits per heavy atom. The van der Waals surface area contributed by atoms with Gasteiger partial charge in [0, 0.05) is 17.5 Å². The van der Waals surface area contributed by atoms with E-state index in [1.54, 1.807) is 6.92 Å². The Hall–Kier alpha value is -0.365. The molecule has 0 aliphatic carbocycles. The molecule has 1 aromatic heterocycles. The lowest BCUT2D eigenvalue weighted by Crippen LogP contribution is -2.00. The van der Waals surface area contributed by atoms with Crippen LogP contribution in [0.25, 0.3) is 0 Å². The van der Waals surface area contributed by atoms with E-state index >= 15 is 0 Å². The van der Waals surface area contributed by atoms with Crippen LogP contribution in [0.4, 0.5) is 5.82 Å². The number of hydrogen-bond acceptors (Lipinski definition) is 7. The van der Waals surface area contributed by atoms with Gasteiger partial charge in [-0.3, -0.25) is 4.57 Å². The van der Waals surface area contributed by atoms with Crippen LogP contribution in [0, 0.1) is 6.92 Å². The van der Waals surface area contributed by atoms with E-state index in [1.165, 1.54) is 6.20 Å². The highest BCUT2D eigenvalue weighted by atomic mass is 32.7. The van der Waals surface area contributed by atoms with Crippen LogP contribution in [0.5, 0.6) is 0 Å². The van der Waals surface area contributed by atoms with Gasteiger partial charge >= 0.3 is 6.80 Å². The summed E-state index contributed by atoms with van der Waals surface area (Å²) < 4.78 is 26.0. The Bertz CT molecular complexity index is 538. The number of nitrogens with two attached hydrogens (primary N) is 1. The molecule has 12 heteroatoms. The molecule has 0 bridgehead atoms. The molecular formula is C6H10BN3O5P2S. The maximum absolute atomic E-state index is 11.4. The quantitative estimate of drug-likeness (QED) is 0.537. The molecule has 0 saturated heterocycles. The van der Waals surface area contributed by atoms with Gasteiger partial charge in [-0.15, -0.1) is 0 Å². The third kappa shape index (κ3) is 5.52. The van der Waals surface area contributed by atoms with Gasteiger partial charge in [-0.2, -0.15) is 0 Å². The third-order valence-corrected chi connectivity index (χ3v) is 6.12.